The molecular weight excluding hydrogens is 398 g/mol. The smallest absolute Gasteiger partial charge is 0.338 e. The number of rotatable bonds is 6. The molecule has 0 bridgehead atoms. The summed E-state index contributed by atoms with van der Waals surface area (Å²) in [6.07, 6.45) is 0. The zero-order valence-electron chi connectivity index (χ0n) is 15.5. The van der Waals surface area contributed by atoms with Crippen LogP contribution in [-0.4, -0.2) is 37.0 Å². The fourth-order valence-corrected chi connectivity index (χ4v) is 2.51. The van der Waals surface area contributed by atoms with Crippen molar-refractivity contribution in [2.45, 2.75) is 6.92 Å². The second-order valence-electron chi connectivity index (χ2n) is 5.73. The number of esters is 1. The van der Waals surface area contributed by atoms with Gasteiger partial charge in [-0.25, -0.2) is 4.79 Å². The van der Waals surface area contributed by atoms with E-state index in [1.165, 1.54) is 0 Å². The molecule has 1 heterocycles. The van der Waals surface area contributed by atoms with Crippen LogP contribution in [0.2, 0.25) is 0 Å². The Balaban J connectivity index is 1.39. The van der Waals surface area contributed by atoms with Crippen LogP contribution in [0.4, 0.5) is 5.69 Å². The van der Waals surface area contributed by atoms with E-state index >= 15 is 0 Å². The summed E-state index contributed by atoms with van der Waals surface area (Å²) in [7, 11) is 0. The number of fused-ring (bicyclic) bond motifs is 1. The minimum Gasteiger partial charge on any atom is -0.484 e. The maximum Gasteiger partial charge on any atom is 0.338 e. The van der Waals surface area contributed by atoms with Crippen LogP contribution in [0.3, 0.4) is 0 Å². The van der Waals surface area contributed by atoms with Crippen molar-refractivity contribution in [2.24, 2.45) is 0 Å². The molecule has 3 N–H and O–H groups in total. The van der Waals surface area contributed by atoms with Crippen molar-refractivity contribution in [3.05, 3.63) is 48.0 Å². The number of nitrogens with one attached hydrogen (secondary N) is 3. The first kappa shape index (κ1) is 20.2. The molecule has 0 spiro atoms. The first-order valence-electron chi connectivity index (χ1n) is 8.70. The molecule has 0 unspecified atom stereocenters. The largest absolute Gasteiger partial charge is 0.484 e. The van der Waals surface area contributed by atoms with Crippen molar-refractivity contribution < 1.29 is 28.5 Å². The second kappa shape index (κ2) is 9.60. The van der Waals surface area contributed by atoms with Crippen LogP contribution in [0.1, 0.15) is 17.3 Å². The lowest BCUT2D eigenvalue weighted by Crippen LogP contribution is -2.45. The zero-order valence-corrected chi connectivity index (χ0v) is 16.3. The average Bonchev–Trinajstić information content (AvgIpc) is 3.19. The summed E-state index contributed by atoms with van der Waals surface area (Å²) >= 11 is 5.11. The Hall–Kier alpha value is -3.53. The van der Waals surface area contributed by atoms with E-state index in [9.17, 15) is 9.59 Å². The Bertz CT molecular complexity index is 903. The topological polar surface area (TPSA) is 107 Å². The Morgan fingerprint density at radius 2 is 1.83 bits per heavy atom. The molecule has 0 atom stereocenters. The molecule has 1 aliphatic heterocycles. The van der Waals surface area contributed by atoms with Gasteiger partial charge in [-0.2, -0.15) is 0 Å². The van der Waals surface area contributed by atoms with E-state index in [1.54, 1.807) is 49.4 Å². The number of anilines is 1. The van der Waals surface area contributed by atoms with Gasteiger partial charge in [-0.3, -0.25) is 15.6 Å². The molecule has 1 aliphatic rings. The summed E-state index contributed by atoms with van der Waals surface area (Å²) in [6, 6.07) is 11.6. The quantitative estimate of drug-likeness (QED) is 0.369. The van der Waals surface area contributed by atoms with Crippen LogP contribution in [0, 0.1) is 0 Å². The predicted molar refractivity (Wildman–Crippen MR) is 108 cm³/mol. The van der Waals surface area contributed by atoms with Crippen LogP contribution < -0.4 is 30.4 Å². The third-order valence-corrected chi connectivity index (χ3v) is 3.89. The molecule has 29 heavy (non-hydrogen) atoms. The molecule has 1 amide bonds. The number of hydrazine groups is 1. The average molecular weight is 417 g/mol. The number of hydrogen-bond donors (Lipinski definition) is 3. The first-order valence-corrected chi connectivity index (χ1v) is 9.11. The van der Waals surface area contributed by atoms with Gasteiger partial charge in [-0.05, 0) is 55.5 Å². The molecular formula is C19H19N3O6S. The number of thiocarbonyl (C=S) groups is 1. The van der Waals surface area contributed by atoms with E-state index < -0.39 is 11.9 Å². The molecule has 152 valence electrons. The van der Waals surface area contributed by atoms with Crippen molar-refractivity contribution in [2.75, 3.05) is 25.3 Å². The fraction of sp³-hybridized carbons (Fsp3) is 0.211. The van der Waals surface area contributed by atoms with Crippen molar-refractivity contribution in [3.63, 3.8) is 0 Å². The molecule has 0 saturated carbocycles. The van der Waals surface area contributed by atoms with Gasteiger partial charge in [0.05, 0.1) is 12.2 Å². The van der Waals surface area contributed by atoms with Gasteiger partial charge in [0.15, 0.2) is 23.2 Å². The molecule has 3 rings (SSSR count). The van der Waals surface area contributed by atoms with Crippen LogP contribution >= 0.6 is 12.2 Å². The van der Waals surface area contributed by atoms with E-state index in [0.29, 0.717) is 35.1 Å². The Morgan fingerprint density at radius 1 is 1.07 bits per heavy atom. The summed E-state index contributed by atoms with van der Waals surface area (Å²) < 4.78 is 20.8. The Morgan fingerprint density at radius 3 is 2.59 bits per heavy atom. The standard InChI is InChI=1S/C19H19N3O6S/c1-2-25-18(24)12-3-5-13(6-4-12)20-19(29)22-21-17(23)10-26-14-7-8-15-16(9-14)28-11-27-15/h3-9H,2,10-11H2,1H3,(H,21,23)(H2,20,22,29). The number of carbonyl (C=O) groups excluding carboxylic acids is 2. The zero-order chi connectivity index (χ0) is 20.6. The van der Waals surface area contributed by atoms with Crippen molar-refractivity contribution >= 4 is 34.9 Å². The lowest BCUT2D eigenvalue weighted by Gasteiger charge is -2.12. The first-order chi connectivity index (χ1) is 14.0. The lowest BCUT2D eigenvalue weighted by atomic mass is 10.2. The van der Waals surface area contributed by atoms with Crippen molar-refractivity contribution in [1.82, 2.24) is 10.9 Å². The second-order valence-corrected chi connectivity index (χ2v) is 6.14. The summed E-state index contributed by atoms with van der Waals surface area (Å²) in [4.78, 5) is 23.5. The highest BCUT2D eigenvalue weighted by molar-refractivity contribution is 7.80. The van der Waals surface area contributed by atoms with E-state index in [1.807, 2.05) is 0 Å². The monoisotopic (exact) mass is 417 g/mol. The predicted octanol–water partition coefficient (Wildman–Crippen LogP) is 1.99. The molecule has 0 aliphatic carbocycles. The van der Waals surface area contributed by atoms with Gasteiger partial charge in [0, 0.05) is 11.8 Å². The number of ether oxygens (including phenoxy) is 4. The van der Waals surface area contributed by atoms with Crippen LogP contribution in [0.25, 0.3) is 0 Å². The number of carbonyl (C=O) groups is 2. The Kier molecular flexibility index (Phi) is 6.69. The SMILES string of the molecule is CCOC(=O)c1ccc(NC(=S)NNC(=O)COc2ccc3c(c2)OCO3)cc1. The molecule has 9 nitrogen and oxygen atoms in total. The fourth-order valence-electron chi connectivity index (χ4n) is 2.34. The minimum atomic E-state index is -0.426. The molecule has 10 heteroatoms. The molecule has 2 aromatic rings. The van der Waals surface area contributed by atoms with Gasteiger partial charge >= 0.3 is 5.97 Å². The summed E-state index contributed by atoms with van der Waals surface area (Å²) in [6.45, 7) is 2.00. The number of hydrogen-bond acceptors (Lipinski definition) is 7. The lowest BCUT2D eigenvalue weighted by molar-refractivity contribution is -0.123. The minimum absolute atomic E-state index is 0.166. The maximum absolute atomic E-state index is 11.9. The van der Waals surface area contributed by atoms with Crippen molar-refractivity contribution in [3.8, 4) is 17.2 Å². The molecule has 0 saturated heterocycles. The van der Waals surface area contributed by atoms with E-state index in [4.69, 9.17) is 31.2 Å². The third kappa shape index (κ3) is 5.72. The summed E-state index contributed by atoms with van der Waals surface area (Å²) in [5.41, 5.74) is 6.07. The highest BCUT2D eigenvalue weighted by Crippen LogP contribution is 2.34. The van der Waals surface area contributed by atoms with Crippen LogP contribution in [-0.2, 0) is 9.53 Å². The summed E-state index contributed by atoms with van der Waals surface area (Å²) in [5.74, 6) is 0.862. The van der Waals surface area contributed by atoms with E-state index in [2.05, 4.69) is 16.2 Å². The van der Waals surface area contributed by atoms with Gasteiger partial charge in [0.1, 0.15) is 5.75 Å². The molecule has 2 aromatic carbocycles. The van der Waals surface area contributed by atoms with E-state index in [-0.39, 0.29) is 18.5 Å². The third-order valence-electron chi connectivity index (χ3n) is 3.68. The number of amides is 1. The Labute approximate surface area is 172 Å². The van der Waals surface area contributed by atoms with Gasteiger partial charge in [0.25, 0.3) is 5.91 Å². The van der Waals surface area contributed by atoms with Crippen molar-refractivity contribution in [1.29, 1.82) is 0 Å². The van der Waals surface area contributed by atoms with E-state index in [0.717, 1.165) is 0 Å². The number of benzene rings is 2. The van der Waals surface area contributed by atoms with Crippen LogP contribution in [0.15, 0.2) is 42.5 Å². The highest BCUT2D eigenvalue weighted by atomic mass is 32.1. The van der Waals surface area contributed by atoms with Gasteiger partial charge < -0.3 is 24.3 Å². The van der Waals surface area contributed by atoms with Gasteiger partial charge in [-0.1, -0.05) is 0 Å². The van der Waals surface area contributed by atoms with Crippen LogP contribution in [0.5, 0.6) is 17.2 Å². The highest BCUT2D eigenvalue weighted by Gasteiger charge is 2.14. The normalized spacial score (nSPS) is 11.3. The molecule has 0 radical (unpaired) electrons. The van der Waals surface area contributed by atoms with Gasteiger partial charge in [0.2, 0.25) is 6.79 Å². The summed E-state index contributed by atoms with van der Waals surface area (Å²) in [5, 5.41) is 3.05. The maximum atomic E-state index is 11.9. The van der Waals surface area contributed by atoms with Gasteiger partial charge in [-0.15, -0.1) is 0 Å². The molecule has 0 fully saturated rings. The molecule has 0 aromatic heterocycles.